The molecule has 0 bridgehead atoms. The van der Waals surface area contributed by atoms with Crippen LogP contribution in [-0.4, -0.2) is 44.2 Å². The summed E-state index contributed by atoms with van der Waals surface area (Å²) in [6.45, 7) is 3.52. The molecule has 6 heteroatoms. The Balaban J connectivity index is 2.31. The highest BCUT2D eigenvalue weighted by molar-refractivity contribution is 8.00. The van der Waals surface area contributed by atoms with Crippen molar-refractivity contribution in [1.29, 1.82) is 0 Å². The van der Waals surface area contributed by atoms with Crippen LogP contribution in [-0.2, 0) is 4.79 Å². The van der Waals surface area contributed by atoms with Gasteiger partial charge in [0, 0.05) is 11.3 Å². The van der Waals surface area contributed by atoms with E-state index < -0.39 is 12.0 Å². The fourth-order valence-corrected chi connectivity index (χ4v) is 3.25. The predicted molar refractivity (Wildman–Crippen MR) is 72.4 cm³/mol. The lowest BCUT2D eigenvalue weighted by Gasteiger charge is -2.25. The highest BCUT2D eigenvalue weighted by Crippen LogP contribution is 2.31. The highest BCUT2D eigenvalue weighted by Gasteiger charge is 2.39. The van der Waals surface area contributed by atoms with Crippen molar-refractivity contribution in [2.24, 2.45) is 0 Å². The van der Waals surface area contributed by atoms with Crippen molar-refractivity contribution >= 4 is 23.6 Å². The lowest BCUT2D eigenvalue weighted by molar-refractivity contribution is -0.141. The van der Waals surface area contributed by atoms with Gasteiger partial charge < -0.3 is 15.1 Å². The SMILES string of the molecule is Cc1cc(C(=O)N2C(C)SCC2C(=O)O)ccc1O. The average Bonchev–Trinajstić information content (AvgIpc) is 2.74. The second-order valence-corrected chi connectivity index (χ2v) is 5.85. The molecule has 1 heterocycles. The second kappa shape index (κ2) is 5.13. The number of benzene rings is 1. The monoisotopic (exact) mass is 281 g/mol. The van der Waals surface area contributed by atoms with E-state index in [1.807, 2.05) is 6.92 Å². The molecule has 0 spiro atoms. The van der Waals surface area contributed by atoms with E-state index in [0.717, 1.165) is 0 Å². The number of aryl methyl sites for hydroxylation is 1. The maximum Gasteiger partial charge on any atom is 0.327 e. The smallest absolute Gasteiger partial charge is 0.327 e. The Morgan fingerprint density at radius 3 is 2.68 bits per heavy atom. The Hall–Kier alpha value is -1.69. The number of phenols is 1. The number of carboxylic acids is 1. The minimum Gasteiger partial charge on any atom is -0.508 e. The molecule has 0 saturated carbocycles. The zero-order valence-corrected chi connectivity index (χ0v) is 11.5. The fourth-order valence-electron chi connectivity index (χ4n) is 2.08. The number of thioether (sulfide) groups is 1. The topological polar surface area (TPSA) is 77.8 Å². The van der Waals surface area contributed by atoms with Gasteiger partial charge in [0.1, 0.15) is 11.8 Å². The van der Waals surface area contributed by atoms with Crippen LogP contribution in [0.1, 0.15) is 22.8 Å². The zero-order chi connectivity index (χ0) is 14.2. The molecule has 102 valence electrons. The fraction of sp³-hybridized carbons (Fsp3) is 0.385. The van der Waals surface area contributed by atoms with Crippen molar-refractivity contribution in [2.45, 2.75) is 25.3 Å². The minimum absolute atomic E-state index is 0.121. The Morgan fingerprint density at radius 2 is 2.11 bits per heavy atom. The first-order chi connectivity index (χ1) is 8.91. The predicted octanol–water partition coefficient (Wildman–Crippen LogP) is 1.69. The van der Waals surface area contributed by atoms with Crippen LogP contribution in [0.25, 0.3) is 0 Å². The number of phenolic OH excluding ortho intramolecular Hbond substituents is 1. The molecule has 1 aliphatic heterocycles. The van der Waals surface area contributed by atoms with E-state index in [-0.39, 0.29) is 17.0 Å². The van der Waals surface area contributed by atoms with Crippen molar-refractivity contribution < 1.29 is 19.8 Å². The summed E-state index contributed by atoms with van der Waals surface area (Å²) in [6, 6.07) is 3.75. The molecule has 2 rings (SSSR count). The molecule has 1 fully saturated rings. The third kappa shape index (κ3) is 2.53. The zero-order valence-electron chi connectivity index (χ0n) is 10.7. The number of hydrogen-bond donors (Lipinski definition) is 2. The van der Waals surface area contributed by atoms with Gasteiger partial charge in [0.25, 0.3) is 5.91 Å². The van der Waals surface area contributed by atoms with Gasteiger partial charge in [-0.2, -0.15) is 0 Å². The van der Waals surface area contributed by atoms with Crippen LogP contribution in [0.2, 0.25) is 0 Å². The van der Waals surface area contributed by atoms with Crippen LogP contribution < -0.4 is 0 Å². The summed E-state index contributed by atoms with van der Waals surface area (Å²) < 4.78 is 0. The molecule has 5 nitrogen and oxygen atoms in total. The van der Waals surface area contributed by atoms with Crippen LogP contribution in [0.5, 0.6) is 5.75 Å². The number of hydrogen-bond acceptors (Lipinski definition) is 4. The van der Waals surface area contributed by atoms with Gasteiger partial charge in [0.2, 0.25) is 0 Å². The molecule has 1 saturated heterocycles. The van der Waals surface area contributed by atoms with Gasteiger partial charge in [-0.25, -0.2) is 4.79 Å². The molecule has 2 N–H and O–H groups in total. The lowest BCUT2D eigenvalue weighted by Crippen LogP contribution is -2.44. The van der Waals surface area contributed by atoms with Crippen molar-refractivity contribution in [1.82, 2.24) is 4.90 Å². The summed E-state index contributed by atoms with van der Waals surface area (Å²) in [5.74, 6) is -0.775. The van der Waals surface area contributed by atoms with Gasteiger partial charge in [0.05, 0.1) is 5.37 Å². The first kappa shape index (κ1) is 13.7. The van der Waals surface area contributed by atoms with Gasteiger partial charge in [-0.05, 0) is 37.6 Å². The Labute approximate surface area is 115 Å². The summed E-state index contributed by atoms with van der Waals surface area (Å²) in [5, 5.41) is 18.4. The van der Waals surface area contributed by atoms with Crippen LogP contribution in [0.15, 0.2) is 18.2 Å². The van der Waals surface area contributed by atoms with Crippen LogP contribution in [0, 0.1) is 6.92 Å². The summed E-state index contributed by atoms with van der Waals surface area (Å²) in [5.41, 5.74) is 0.994. The highest BCUT2D eigenvalue weighted by atomic mass is 32.2. The molecule has 1 aliphatic rings. The molecule has 2 unspecified atom stereocenters. The maximum atomic E-state index is 12.4. The van der Waals surface area contributed by atoms with E-state index in [9.17, 15) is 14.7 Å². The van der Waals surface area contributed by atoms with E-state index in [2.05, 4.69) is 0 Å². The molecule has 1 aromatic carbocycles. The summed E-state index contributed by atoms with van der Waals surface area (Å²) in [7, 11) is 0. The largest absolute Gasteiger partial charge is 0.508 e. The summed E-state index contributed by atoms with van der Waals surface area (Å²) in [4.78, 5) is 25.0. The third-order valence-corrected chi connectivity index (χ3v) is 4.40. The quantitative estimate of drug-likeness (QED) is 0.862. The van der Waals surface area contributed by atoms with Crippen molar-refractivity contribution in [3.8, 4) is 5.75 Å². The minimum atomic E-state index is -0.985. The molecular weight excluding hydrogens is 266 g/mol. The maximum absolute atomic E-state index is 12.4. The van der Waals surface area contributed by atoms with E-state index in [4.69, 9.17) is 5.11 Å². The van der Waals surface area contributed by atoms with E-state index in [1.165, 1.54) is 28.8 Å². The molecule has 2 atom stereocenters. The summed E-state index contributed by atoms with van der Waals surface area (Å²) >= 11 is 1.45. The Morgan fingerprint density at radius 1 is 1.42 bits per heavy atom. The van der Waals surface area contributed by atoms with Crippen LogP contribution >= 0.6 is 11.8 Å². The number of carbonyl (C=O) groups is 2. The number of rotatable bonds is 2. The standard InChI is InChI=1S/C13H15NO4S/c1-7-5-9(3-4-11(7)15)12(16)14-8(2)19-6-10(14)13(17)18/h3-5,8,10,15H,6H2,1-2H3,(H,17,18). The van der Waals surface area contributed by atoms with Crippen LogP contribution in [0.4, 0.5) is 0 Å². The lowest BCUT2D eigenvalue weighted by atomic mass is 10.1. The van der Waals surface area contributed by atoms with E-state index in [0.29, 0.717) is 16.9 Å². The van der Waals surface area contributed by atoms with Crippen molar-refractivity contribution in [3.05, 3.63) is 29.3 Å². The number of carboxylic acid groups (broad SMARTS) is 1. The number of aromatic hydroxyl groups is 1. The number of aliphatic carboxylic acids is 1. The molecule has 0 aromatic heterocycles. The molecule has 0 radical (unpaired) electrons. The van der Waals surface area contributed by atoms with Gasteiger partial charge in [0.15, 0.2) is 0 Å². The van der Waals surface area contributed by atoms with Crippen LogP contribution in [0.3, 0.4) is 0 Å². The Kier molecular flexibility index (Phi) is 3.71. The molecule has 19 heavy (non-hydrogen) atoms. The normalized spacial score (nSPS) is 22.5. The molecular formula is C13H15NO4S. The Bertz CT molecular complexity index is 531. The molecule has 1 amide bonds. The van der Waals surface area contributed by atoms with E-state index in [1.54, 1.807) is 13.0 Å². The van der Waals surface area contributed by atoms with Gasteiger partial charge in [-0.15, -0.1) is 11.8 Å². The molecule has 1 aromatic rings. The van der Waals surface area contributed by atoms with Crippen molar-refractivity contribution in [3.63, 3.8) is 0 Å². The van der Waals surface area contributed by atoms with Gasteiger partial charge in [-0.1, -0.05) is 0 Å². The van der Waals surface area contributed by atoms with Crippen molar-refractivity contribution in [2.75, 3.05) is 5.75 Å². The first-order valence-corrected chi connectivity index (χ1v) is 6.93. The third-order valence-electron chi connectivity index (χ3n) is 3.19. The number of amides is 1. The number of nitrogens with zero attached hydrogens (tertiary/aromatic N) is 1. The van der Waals surface area contributed by atoms with Gasteiger partial charge in [-0.3, -0.25) is 4.79 Å². The summed E-state index contributed by atoms with van der Waals surface area (Å²) in [6.07, 6.45) is 0. The average molecular weight is 281 g/mol. The second-order valence-electron chi connectivity index (χ2n) is 4.50. The molecule has 0 aliphatic carbocycles. The first-order valence-electron chi connectivity index (χ1n) is 5.88. The number of carbonyl (C=O) groups excluding carboxylic acids is 1. The van der Waals surface area contributed by atoms with Gasteiger partial charge >= 0.3 is 5.97 Å². The van der Waals surface area contributed by atoms with E-state index >= 15 is 0 Å².